The number of aromatic nitrogens is 2. The summed E-state index contributed by atoms with van der Waals surface area (Å²) in [5.41, 5.74) is 0.534. The van der Waals surface area contributed by atoms with Crippen molar-refractivity contribution in [3.63, 3.8) is 0 Å². The number of furan rings is 1. The van der Waals surface area contributed by atoms with Gasteiger partial charge in [-0.2, -0.15) is 4.98 Å². The SMILES string of the molecule is CC[C@H](NC(=O)c1cc(C)oc1C)c1nc(C)no1. The third kappa shape index (κ3) is 2.83. The molecule has 0 aliphatic heterocycles. The highest BCUT2D eigenvalue weighted by Crippen LogP contribution is 2.18. The van der Waals surface area contributed by atoms with E-state index in [2.05, 4.69) is 15.5 Å². The van der Waals surface area contributed by atoms with E-state index < -0.39 is 0 Å². The van der Waals surface area contributed by atoms with Crippen molar-refractivity contribution in [2.45, 2.75) is 40.2 Å². The molecule has 1 amide bonds. The molecule has 0 unspecified atom stereocenters. The standard InChI is InChI=1S/C13H17N3O3/c1-5-11(13-14-9(4)16-19-13)15-12(17)10-6-7(2)18-8(10)3/h6,11H,5H2,1-4H3,(H,15,17)/t11-/m0/s1. The minimum atomic E-state index is -0.289. The summed E-state index contributed by atoms with van der Waals surface area (Å²) in [6.07, 6.45) is 0.670. The highest BCUT2D eigenvalue weighted by atomic mass is 16.5. The number of hydrogen-bond donors (Lipinski definition) is 1. The average molecular weight is 263 g/mol. The molecule has 0 saturated carbocycles. The van der Waals surface area contributed by atoms with Gasteiger partial charge in [-0.25, -0.2) is 0 Å². The zero-order valence-electron chi connectivity index (χ0n) is 11.5. The molecule has 0 spiro atoms. The van der Waals surface area contributed by atoms with Crippen LogP contribution in [0.4, 0.5) is 0 Å². The van der Waals surface area contributed by atoms with Gasteiger partial charge in [0.15, 0.2) is 5.82 Å². The van der Waals surface area contributed by atoms with Crippen LogP contribution in [0.15, 0.2) is 15.0 Å². The highest BCUT2D eigenvalue weighted by molar-refractivity contribution is 5.95. The number of carbonyl (C=O) groups is 1. The van der Waals surface area contributed by atoms with Gasteiger partial charge in [-0.15, -0.1) is 0 Å². The highest BCUT2D eigenvalue weighted by Gasteiger charge is 2.21. The van der Waals surface area contributed by atoms with Gasteiger partial charge in [0.25, 0.3) is 5.91 Å². The van der Waals surface area contributed by atoms with Crippen LogP contribution in [0.5, 0.6) is 0 Å². The zero-order chi connectivity index (χ0) is 14.0. The molecule has 0 fully saturated rings. The predicted octanol–water partition coefficient (Wildman–Crippen LogP) is 2.47. The topological polar surface area (TPSA) is 81.2 Å². The Balaban J connectivity index is 2.15. The van der Waals surface area contributed by atoms with Crippen molar-refractivity contribution >= 4 is 5.91 Å². The summed E-state index contributed by atoms with van der Waals surface area (Å²) in [5, 5.41) is 6.60. The molecule has 0 aromatic carbocycles. The minimum Gasteiger partial charge on any atom is -0.466 e. The van der Waals surface area contributed by atoms with Crippen LogP contribution in [0.2, 0.25) is 0 Å². The molecule has 0 radical (unpaired) electrons. The van der Waals surface area contributed by atoms with E-state index in [1.165, 1.54) is 0 Å². The van der Waals surface area contributed by atoms with Gasteiger partial charge < -0.3 is 14.3 Å². The van der Waals surface area contributed by atoms with Gasteiger partial charge in [0, 0.05) is 0 Å². The molecular formula is C13H17N3O3. The molecule has 2 aromatic rings. The lowest BCUT2D eigenvalue weighted by atomic mass is 10.2. The van der Waals surface area contributed by atoms with Gasteiger partial charge in [-0.3, -0.25) is 4.79 Å². The van der Waals surface area contributed by atoms with Crippen LogP contribution < -0.4 is 5.32 Å². The van der Waals surface area contributed by atoms with E-state index in [-0.39, 0.29) is 11.9 Å². The smallest absolute Gasteiger partial charge is 0.255 e. The van der Waals surface area contributed by atoms with Gasteiger partial charge in [0.05, 0.1) is 5.56 Å². The largest absolute Gasteiger partial charge is 0.466 e. The summed E-state index contributed by atoms with van der Waals surface area (Å²) in [7, 11) is 0. The average Bonchev–Trinajstić information content (AvgIpc) is 2.92. The first-order valence-electron chi connectivity index (χ1n) is 6.19. The van der Waals surface area contributed by atoms with E-state index in [4.69, 9.17) is 8.94 Å². The van der Waals surface area contributed by atoms with Crippen LogP contribution in [0, 0.1) is 20.8 Å². The number of amides is 1. The predicted molar refractivity (Wildman–Crippen MR) is 67.7 cm³/mol. The van der Waals surface area contributed by atoms with E-state index >= 15 is 0 Å². The normalized spacial score (nSPS) is 12.4. The molecule has 1 atom stereocenters. The molecule has 0 aliphatic rings. The second-order valence-corrected chi connectivity index (χ2v) is 4.44. The number of carbonyl (C=O) groups excluding carboxylic acids is 1. The van der Waals surface area contributed by atoms with Gasteiger partial charge >= 0.3 is 0 Å². The first-order valence-corrected chi connectivity index (χ1v) is 6.19. The lowest BCUT2D eigenvalue weighted by Crippen LogP contribution is -2.28. The van der Waals surface area contributed by atoms with Crippen molar-refractivity contribution < 1.29 is 13.7 Å². The minimum absolute atomic E-state index is 0.197. The molecular weight excluding hydrogens is 246 g/mol. The maximum atomic E-state index is 12.2. The van der Waals surface area contributed by atoms with E-state index in [1.807, 2.05) is 13.8 Å². The Hall–Kier alpha value is -2.11. The third-order valence-corrected chi connectivity index (χ3v) is 2.84. The van der Waals surface area contributed by atoms with Crippen molar-refractivity contribution in [3.8, 4) is 0 Å². The van der Waals surface area contributed by atoms with Crippen molar-refractivity contribution in [1.29, 1.82) is 0 Å². The van der Waals surface area contributed by atoms with E-state index in [9.17, 15) is 4.79 Å². The Morgan fingerprint density at radius 2 is 2.16 bits per heavy atom. The number of rotatable bonds is 4. The van der Waals surface area contributed by atoms with Crippen LogP contribution in [0.3, 0.4) is 0 Å². The van der Waals surface area contributed by atoms with Crippen molar-refractivity contribution in [3.05, 3.63) is 34.9 Å². The fourth-order valence-corrected chi connectivity index (χ4v) is 1.89. The number of nitrogens with one attached hydrogen (secondary N) is 1. The molecule has 19 heavy (non-hydrogen) atoms. The summed E-state index contributed by atoms with van der Waals surface area (Å²) in [5.74, 6) is 2.09. The second-order valence-electron chi connectivity index (χ2n) is 4.44. The lowest BCUT2D eigenvalue weighted by molar-refractivity contribution is 0.0925. The lowest BCUT2D eigenvalue weighted by Gasteiger charge is -2.12. The van der Waals surface area contributed by atoms with Gasteiger partial charge in [0.2, 0.25) is 5.89 Å². The molecule has 0 aliphatic carbocycles. The number of aryl methyl sites for hydroxylation is 3. The maximum absolute atomic E-state index is 12.2. The van der Waals surface area contributed by atoms with Crippen molar-refractivity contribution in [2.24, 2.45) is 0 Å². The van der Waals surface area contributed by atoms with Crippen LogP contribution >= 0.6 is 0 Å². The van der Waals surface area contributed by atoms with Crippen LogP contribution in [0.25, 0.3) is 0 Å². The van der Waals surface area contributed by atoms with E-state index in [0.717, 1.165) is 0 Å². The van der Waals surface area contributed by atoms with Gasteiger partial charge in [-0.05, 0) is 33.3 Å². The molecule has 1 N–H and O–H groups in total. The first kappa shape index (κ1) is 13.3. The number of nitrogens with zero attached hydrogens (tertiary/aromatic N) is 2. The maximum Gasteiger partial charge on any atom is 0.255 e. The summed E-state index contributed by atoms with van der Waals surface area (Å²) >= 11 is 0. The quantitative estimate of drug-likeness (QED) is 0.916. The molecule has 2 aromatic heterocycles. The monoisotopic (exact) mass is 263 g/mol. The second kappa shape index (κ2) is 5.26. The zero-order valence-corrected chi connectivity index (χ0v) is 11.5. The van der Waals surface area contributed by atoms with E-state index in [0.29, 0.717) is 35.2 Å². The fourth-order valence-electron chi connectivity index (χ4n) is 1.89. The molecule has 2 rings (SSSR count). The Bertz CT molecular complexity index is 586. The first-order chi connectivity index (χ1) is 9.01. The molecule has 6 nitrogen and oxygen atoms in total. The Kier molecular flexibility index (Phi) is 3.69. The third-order valence-electron chi connectivity index (χ3n) is 2.84. The summed E-state index contributed by atoms with van der Waals surface area (Å²) in [6.45, 7) is 7.26. The van der Waals surface area contributed by atoms with Gasteiger partial charge in [0.1, 0.15) is 17.6 Å². The Morgan fingerprint density at radius 1 is 1.42 bits per heavy atom. The van der Waals surface area contributed by atoms with Crippen molar-refractivity contribution in [1.82, 2.24) is 15.5 Å². The summed E-state index contributed by atoms with van der Waals surface area (Å²) in [4.78, 5) is 16.3. The van der Waals surface area contributed by atoms with Crippen LogP contribution in [0.1, 0.15) is 53.0 Å². The fraction of sp³-hybridized carbons (Fsp3) is 0.462. The van der Waals surface area contributed by atoms with Crippen molar-refractivity contribution in [2.75, 3.05) is 0 Å². The molecule has 0 saturated heterocycles. The summed E-state index contributed by atoms with van der Waals surface area (Å²) in [6, 6.07) is 1.43. The molecule has 6 heteroatoms. The Labute approximate surface area is 111 Å². The molecule has 0 bridgehead atoms. The number of hydrogen-bond acceptors (Lipinski definition) is 5. The summed E-state index contributed by atoms with van der Waals surface area (Å²) < 4.78 is 10.4. The van der Waals surface area contributed by atoms with E-state index in [1.54, 1.807) is 19.9 Å². The van der Waals surface area contributed by atoms with Crippen LogP contribution in [-0.4, -0.2) is 16.0 Å². The van der Waals surface area contributed by atoms with Gasteiger partial charge in [-0.1, -0.05) is 12.1 Å². The molecule has 2 heterocycles. The molecule has 102 valence electrons. The Morgan fingerprint density at radius 3 is 2.63 bits per heavy atom. The van der Waals surface area contributed by atoms with Crippen LogP contribution in [-0.2, 0) is 0 Å².